The minimum absolute atomic E-state index is 0.331. The molecule has 0 aromatic heterocycles. The van der Waals surface area contributed by atoms with Crippen molar-refractivity contribution in [1.82, 2.24) is 0 Å². The zero-order valence-electron chi connectivity index (χ0n) is 5.27. The molecule has 0 bridgehead atoms. The van der Waals surface area contributed by atoms with Crippen molar-refractivity contribution in [1.29, 1.82) is 0 Å². The molecule has 60 valence electrons. The van der Waals surface area contributed by atoms with Crippen molar-refractivity contribution in [2.24, 2.45) is 5.92 Å². The van der Waals surface area contributed by atoms with Crippen LogP contribution in [0.2, 0.25) is 0 Å². The summed E-state index contributed by atoms with van der Waals surface area (Å²) >= 11 is 16.0. The lowest BCUT2D eigenvalue weighted by molar-refractivity contribution is -0.121. The van der Waals surface area contributed by atoms with Crippen LogP contribution in [-0.4, -0.2) is 21.3 Å². The number of carbonyl (C=O) groups is 1. The third kappa shape index (κ3) is 3.06. The number of aliphatic hydroxyl groups is 1. The van der Waals surface area contributed by atoms with E-state index in [4.69, 9.17) is 39.9 Å². The highest BCUT2D eigenvalue weighted by atomic mass is 35.6. The molecule has 2 nitrogen and oxygen atoms in total. The van der Waals surface area contributed by atoms with Crippen LogP contribution in [0.25, 0.3) is 0 Å². The topological polar surface area (TPSA) is 37.3 Å². The van der Waals surface area contributed by atoms with Crippen molar-refractivity contribution in [2.75, 3.05) is 6.61 Å². The molecular formula is C5H7Cl3O2. The van der Waals surface area contributed by atoms with E-state index in [2.05, 4.69) is 0 Å². The Morgan fingerprint density at radius 1 is 1.60 bits per heavy atom. The summed E-state index contributed by atoms with van der Waals surface area (Å²) < 4.78 is -1.69. The van der Waals surface area contributed by atoms with E-state index >= 15 is 0 Å². The largest absolute Gasteiger partial charge is 0.395 e. The van der Waals surface area contributed by atoms with Gasteiger partial charge in [-0.15, -0.1) is 0 Å². The molecular weight excluding hydrogens is 198 g/mol. The predicted octanol–water partition coefficient (Wildman–Crippen LogP) is 1.55. The van der Waals surface area contributed by atoms with E-state index in [1.807, 2.05) is 0 Å². The monoisotopic (exact) mass is 204 g/mol. The summed E-state index contributed by atoms with van der Waals surface area (Å²) in [6.45, 7) is 0.828. The van der Waals surface area contributed by atoms with Crippen LogP contribution < -0.4 is 0 Å². The number of hydrogen-bond donors (Lipinski definition) is 1. The summed E-state index contributed by atoms with van der Waals surface area (Å²) in [6.07, 6.45) is 0. The first-order valence-electron chi connectivity index (χ1n) is 2.57. The van der Waals surface area contributed by atoms with Gasteiger partial charge in [0.1, 0.15) is 5.78 Å². The smallest absolute Gasteiger partial charge is 0.202 e. The third-order valence-electron chi connectivity index (χ3n) is 1.07. The average molecular weight is 205 g/mol. The molecule has 1 atom stereocenters. The molecule has 1 N–H and O–H groups in total. The van der Waals surface area contributed by atoms with Gasteiger partial charge in [-0.25, -0.2) is 0 Å². The quantitative estimate of drug-likeness (QED) is 0.695. The van der Waals surface area contributed by atoms with Crippen LogP contribution in [0.15, 0.2) is 0 Å². The molecule has 0 saturated carbocycles. The van der Waals surface area contributed by atoms with E-state index in [-0.39, 0.29) is 5.78 Å². The summed E-state index contributed by atoms with van der Waals surface area (Å²) in [5.41, 5.74) is 0. The fourth-order valence-electron chi connectivity index (χ4n) is 0.463. The van der Waals surface area contributed by atoms with Gasteiger partial charge in [0.2, 0.25) is 3.79 Å². The van der Waals surface area contributed by atoms with Crippen LogP contribution in [0.4, 0.5) is 0 Å². The average Bonchev–Trinajstić information content (AvgIpc) is 1.60. The third-order valence-corrected chi connectivity index (χ3v) is 1.86. The molecule has 0 radical (unpaired) electrons. The minimum atomic E-state index is -1.69. The highest BCUT2D eigenvalue weighted by Gasteiger charge is 2.35. The Kier molecular flexibility index (Phi) is 3.95. The number of alkyl halides is 3. The molecule has 0 heterocycles. The number of hydrogen-bond acceptors (Lipinski definition) is 2. The lowest BCUT2D eigenvalue weighted by Crippen LogP contribution is -2.29. The predicted molar refractivity (Wildman–Crippen MR) is 41.5 cm³/mol. The summed E-state index contributed by atoms with van der Waals surface area (Å²) in [5.74, 6) is -1.25. The number of ketones is 1. The maximum atomic E-state index is 10.6. The number of carbonyl (C=O) groups excluding carboxylic acids is 1. The van der Waals surface area contributed by atoms with Gasteiger partial charge in [-0.1, -0.05) is 34.8 Å². The molecule has 0 aliphatic carbocycles. The van der Waals surface area contributed by atoms with Crippen LogP contribution >= 0.6 is 34.8 Å². The van der Waals surface area contributed by atoms with Crippen LogP contribution in [0.3, 0.4) is 0 Å². The second-order valence-corrected chi connectivity index (χ2v) is 4.26. The normalized spacial score (nSPS) is 14.9. The van der Waals surface area contributed by atoms with Gasteiger partial charge in [0.05, 0.1) is 12.5 Å². The number of Topliss-reactive ketones (excluding diaryl/α,β-unsaturated/α-hetero) is 1. The Morgan fingerprint density at radius 2 is 2.00 bits per heavy atom. The molecule has 10 heavy (non-hydrogen) atoms. The Morgan fingerprint density at radius 3 is 2.00 bits per heavy atom. The van der Waals surface area contributed by atoms with Crippen molar-refractivity contribution < 1.29 is 9.90 Å². The lowest BCUT2D eigenvalue weighted by atomic mass is 10.1. The Labute approximate surface area is 74.1 Å². The standard InChI is InChI=1S/C5H7Cl3O2/c1-3(10)4(2-9)5(6,7)8/h4,9H,2H2,1H3. The van der Waals surface area contributed by atoms with Crippen LogP contribution in [0.1, 0.15) is 6.92 Å². The fraction of sp³-hybridized carbons (Fsp3) is 0.800. The van der Waals surface area contributed by atoms with E-state index in [1.54, 1.807) is 0 Å². The first-order chi connectivity index (χ1) is 4.39. The van der Waals surface area contributed by atoms with Gasteiger partial charge in [0.25, 0.3) is 0 Å². The van der Waals surface area contributed by atoms with Gasteiger partial charge in [-0.2, -0.15) is 0 Å². The minimum Gasteiger partial charge on any atom is -0.395 e. The van der Waals surface area contributed by atoms with E-state index in [0.717, 1.165) is 0 Å². The molecule has 0 aliphatic rings. The van der Waals surface area contributed by atoms with E-state index in [0.29, 0.717) is 0 Å². The first kappa shape index (κ1) is 10.5. The second-order valence-electron chi connectivity index (χ2n) is 1.89. The first-order valence-corrected chi connectivity index (χ1v) is 3.71. The van der Waals surface area contributed by atoms with E-state index in [9.17, 15) is 4.79 Å². The Bertz CT molecular complexity index is 129. The number of halogens is 3. The van der Waals surface area contributed by atoms with Gasteiger partial charge >= 0.3 is 0 Å². The maximum Gasteiger partial charge on any atom is 0.202 e. The van der Waals surface area contributed by atoms with Crippen molar-refractivity contribution in [3.8, 4) is 0 Å². The molecule has 5 heteroatoms. The highest BCUT2D eigenvalue weighted by molar-refractivity contribution is 6.68. The van der Waals surface area contributed by atoms with Gasteiger partial charge in [-0.05, 0) is 6.92 Å². The Hall–Kier alpha value is 0.500. The van der Waals surface area contributed by atoms with Crippen LogP contribution in [-0.2, 0) is 4.79 Å². The number of aliphatic hydroxyl groups excluding tert-OH is 1. The molecule has 0 rings (SSSR count). The molecule has 0 fully saturated rings. The van der Waals surface area contributed by atoms with Crippen molar-refractivity contribution in [2.45, 2.75) is 10.7 Å². The molecule has 0 aromatic rings. The second kappa shape index (κ2) is 3.77. The molecule has 0 aromatic carbocycles. The fourth-order valence-corrected chi connectivity index (χ4v) is 1.13. The zero-order chi connectivity index (χ0) is 8.36. The molecule has 0 aliphatic heterocycles. The van der Waals surface area contributed by atoms with Crippen LogP contribution in [0, 0.1) is 5.92 Å². The summed E-state index contributed by atoms with van der Waals surface area (Å²) in [6, 6.07) is 0. The number of rotatable bonds is 2. The van der Waals surface area contributed by atoms with Crippen molar-refractivity contribution in [3.05, 3.63) is 0 Å². The van der Waals surface area contributed by atoms with E-state index < -0.39 is 16.3 Å². The Balaban J connectivity index is 4.22. The molecule has 0 saturated heterocycles. The van der Waals surface area contributed by atoms with Crippen LogP contribution in [0.5, 0.6) is 0 Å². The van der Waals surface area contributed by atoms with Gasteiger partial charge < -0.3 is 5.11 Å². The summed E-state index contributed by atoms with van der Waals surface area (Å²) in [7, 11) is 0. The molecule has 1 unspecified atom stereocenters. The zero-order valence-corrected chi connectivity index (χ0v) is 7.54. The van der Waals surface area contributed by atoms with Gasteiger partial charge in [0.15, 0.2) is 0 Å². The van der Waals surface area contributed by atoms with Gasteiger partial charge in [0, 0.05) is 0 Å². The summed E-state index contributed by atoms with van der Waals surface area (Å²) in [4.78, 5) is 10.6. The van der Waals surface area contributed by atoms with E-state index in [1.165, 1.54) is 6.92 Å². The van der Waals surface area contributed by atoms with Crippen molar-refractivity contribution >= 4 is 40.6 Å². The van der Waals surface area contributed by atoms with Crippen molar-refractivity contribution in [3.63, 3.8) is 0 Å². The summed E-state index contributed by atoms with van der Waals surface area (Å²) in [5, 5.41) is 8.56. The lowest BCUT2D eigenvalue weighted by Gasteiger charge is -2.18. The molecule has 0 amide bonds. The molecule has 0 spiro atoms. The van der Waals surface area contributed by atoms with Gasteiger partial charge in [-0.3, -0.25) is 4.79 Å². The highest BCUT2D eigenvalue weighted by Crippen LogP contribution is 2.35. The maximum absolute atomic E-state index is 10.6. The SMILES string of the molecule is CC(=O)C(CO)C(Cl)(Cl)Cl.